The number of aromatic nitrogens is 1. The van der Waals surface area contributed by atoms with E-state index in [9.17, 15) is 9.18 Å². The summed E-state index contributed by atoms with van der Waals surface area (Å²) in [5, 5.41) is 0. The van der Waals surface area contributed by atoms with E-state index in [0.717, 1.165) is 13.0 Å². The molecule has 2 aliphatic rings. The molecule has 0 spiro atoms. The standard InChI is InChI=1S/C21H21FN4O/c1-15-9-12-25-13-18(22)20(17-7-10-23-11-8-17)24-21(25)26(15)14-19(27)16-5-3-2-4-6-16/h2-8,10-11,15H,9,12-14H2,1H3. The van der Waals surface area contributed by atoms with Gasteiger partial charge in [0, 0.05) is 36.1 Å². The summed E-state index contributed by atoms with van der Waals surface area (Å²) in [7, 11) is 0. The van der Waals surface area contributed by atoms with Gasteiger partial charge in [0.1, 0.15) is 11.5 Å². The van der Waals surface area contributed by atoms with Gasteiger partial charge in [-0.15, -0.1) is 0 Å². The summed E-state index contributed by atoms with van der Waals surface area (Å²) in [5.41, 5.74) is 1.70. The molecule has 2 aromatic rings. The summed E-state index contributed by atoms with van der Waals surface area (Å²) in [6.45, 7) is 3.22. The van der Waals surface area contributed by atoms with Crippen molar-refractivity contribution in [1.29, 1.82) is 0 Å². The minimum Gasteiger partial charge on any atom is -0.336 e. The largest absolute Gasteiger partial charge is 0.336 e. The number of guanidine groups is 1. The quantitative estimate of drug-likeness (QED) is 0.781. The van der Waals surface area contributed by atoms with Crippen LogP contribution in [0.4, 0.5) is 4.39 Å². The van der Waals surface area contributed by atoms with Crippen LogP contribution in [0.3, 0.4) is 0 Å². The summed E-state index contributed by atoms with van der Waals surface area (Å²) in [5.74, 6) is 0.451. The van der Waals surface area contributed by atoms with Crippen LogP contribution in [0.15, 0.2) is 65.7 Å². The Bertz CT molecular complexity index is 895. The second-order valence-electron chi connectivity index (χ2n) is 6.88. The normalized spacial score (nSPS) is 19.6. The minimum atomic E-state index is -0.256. The molecule has 1 aromatic carbocycles. The first kappa shape index (κ1) is 17.4. The molecular weight excluding hydrogens is 343 g/mol. The fourth-order valence-electron chi connectivity index (χ4n) is 3.49. The Morgan fingerprint density at radius 1 is 1.19 bits per heavy atom. The molecule has 0 radical (unpaired) electrons. The molecule has 27 heavy (non-hydrogen) atoms. The maximum absolute atomic E-state index is 14.7. The van der Waals surface area contributed by atoms with Crippen molar-refractivity contribution in [2.24, 2.45) is 4.99 Å². The molecule has 1 aromatic heterocycles. The minimum absolute atomic E-state index is 0.0347. The summed E-state index contributed by atoms with van der Waals surface area (Å²) >= 11 is 0. The van der Waals surface area contributed by atoms with Crippen LogP contribution >= 0.6 is 0 Å². The molecular formula is C21H21FN4O. The average molecular weight is 364 g/mol. The summed E-state index contributed by atoms with van der Waals surface area (Å²) in [6.07, 6.45) is 4.11. The van der Waals surface area contributed by atoms with E-state index in [1.54, 1.807) is 24.5 Å². The summed E-state index contributed by atoms with van der Waals surface area (Å²) < 4.78 is 14.7. The van der Waals surface area contributed by atoms with Gasteiger partial charge in [-0.05, 0) is 25.5 Å². The molecule has 6 heteroatoms. The average Bonchev–Trinajstić information content (AvgIpc) is 2.71. The van der Waals surface area contributed by atoms with Crippen molar-refractivity contribution in [3.8, 4) is 0 Å². The third-order valence-electron chi connectivity index (χ3n) is 5.05. The Labute approximate surface area is 157 Å². The van der Waals surface area contributed by atoms with Crippen molar-refractivity contribution >= 4 is 17.4 Å². The number of hydrogen-bond acceptors (Lipinski definition) is 5. The van der Waals surface area contributed by atoms with Crippen molar-refractivity contribution in [3.63, 3.8) is 0 Å². The Morgan fingerprint density at radius 2 is 1.93 bits per heavy atom. The van der Waals surface area contributed by atoms with Crippen molar-refractivity contribution in [1.82, 2.24) is 14.8 Å². The van der Waals surface area contributed by atoms with Crippen molar-refractivity contribution in [2.45, 2.75) is 19.4 Å². The number of fused-ring (bicyclic) bond motifs is 1. The Kier molecular flexibility index (Phi) is 4.71. The Morgan fingerprint density at radius 3 is 2.67 bits per heavy atom. The third-order valence-corrected chi connectivity index (χ3v) is 5.05. The van der Waals surface area contributed by atoms with Crippen LogP contribution in [0, 0.1) is 0 Å². The number of pyridine rings is 1. The monoisotopic (exact) mass is 364 g/mol. The molecule has 0 N–H and O–H groups in total. The summed E-state index contributed by atoms with van der Waals surface area (Å²) in [4.78, 5) is 25.3. The van der Waals surface area contributed by atoms with E-state index in [2.05, 4.69) is 16.9 Å². The number of carbonyl (C=O) groups is 1. The number of halogens is 1. The first-order chi connectivity index (χ1) is 13.1. The lowest BCUT2D eigenvalue weighted by Gasteiger charge is -2.44. The fourth-order valence-corrected chi connectivity index (χ4v) is 3.49. The highest BCUT2D eigenvalue weighted by Gasteiger charge is 2.34. The fraction of sp³-hybridized carbons (Fsp3) is 0.286. The first-order valence-electron chi connectivity index (χ1n) is 9.11. The van der Waals surface area contributed by atoms with Gasteiger partial charge in [-0.25, -0.2) is 9.38 Å². The number of aliphatic imine (C=N–C) groups is 1. The van der Waals surface area contributed by atoms with Gasteiger partial charge in [-0.2, -0.15) is 0 Å². The molecule has 3 heterocycles. The molecule has 0 aliphatic carbocycles. The highest BCUT2D eigenvalue weighted by molar-refractivity contribution is 6.00. The van der Waals surface area contributed by atoms with Gasteiger partial charge in [0.25, 0.3) is 0 Å². The molecule has 1 unspecified atom stereocenters. The first-order valence-corrected chi connectivity index (χ1v) is 9.11. The highest BCUT2D eigenvalue weighted by atomic mass is 19.1. The number of hydrogen-bond donors (Lipinski definition) is 0. The third kappa shape index (κ3) is 3.47. The SMILES string of the molecule is CC1CCN2CC(F)=C(c3ccncc3)N=C2N1CC(=O)c1ccccc1. The lowest BCUT2D eigenvalue weighted by Crippen LogP contribution is -2.56. The zero-order valence-electron chi connectivity index (χ0n) is 15.2. The van der Waals surface area contributed by atoms with E-state index >= 15 is 0 Å². The maximum Gasteiger partial charge on any atom is 0.202 e. The van der Waals surface area contributed by atoms with Gasteiger partial charge in [-0.1, -0.05) is 30.3 Å². The topological polar surface area (TPSA) is 48.8 Å². The van der Waals surface area contributed by atoms with Crippen LogP contribution in [0.5, 0.6) is 0 Å². The molecule has 1 atom stereocenters. The van der Waals surface area contributed by atoms with Gasteiger partial charge in [0.15, 0.2) is 5.78 Å². The summed E-state index contributed by atoms with van der Waals surface area (Å²) in [6, 6.07) is 12.9. The zero-order valence-corrected chi connectivity index (χ0v) is 15.2. The van der Waals surface area contributed by atoms with E-state index in [1.165, 1.54) is 0 Å². The van der Waals surface area contributed by atoms with E-state index in [-0.39, 0.29) is 30.7 Å². The second kappa shape index (κ2) is 7.31. The lowest BCUT2D eigenvalue weighted by molar-refractivity contribution is 0.0921. The smallest absolute Gasteiger partial charge is 0.202 e. The molecule has 0 saturated carbocycles. The van der Waals surface area contributed by atoms with Gasteiger partial charge >= 0.3 is 0 Å². The molecule has 0 amide bonds. The molecule has 2 aliphatic heterocycles. The van der Waals surface area contributed by atoms with E-state index in [0.29, 0.717) is 22.8 Å². The van der Waals surface area contributed by atoms with Gasteiger partial charge in [0.05, 0.1) is 13.1 Å². The zero-order chi connectivity index (χ0) is 18.8. The van der Waals surface area contributed by atoms with Crippen LogP contribution in [0.1, 0.15) is 29.3 Å². The van der Waals surface area contributed by atoms with Gasteiger partial charge < -0.3 is 9.80 Å². The second-order valence-corrected chi connectivity index (χ2v) is 6.88. The molecule has 1 saturated heterocycles. The molecule has 0 bridgehead atoms. The number of ketones is 1. The predicted molar refractivity (Wildman–Crippen MR) is 103 cm³/mol. The van der Waals surface area contributed by atoms with Crippen molar-refractivity contribution in [2.75, 3.05) is 19.6 Å². The molecule has 4 rings (SSSR count). The van der Waals surface area contributed by atoms with Crippen LogP contribution in [-0.4, -0.2) is 52.2 Å². The van der Waals surface area contributed by atoms with E-state index in [1.807, 2.05) is 40.1 Å². The van der Waals surface area contributed by atoms with Gasteiger partial charge in [0.2, 0.25) is 5.96 Å². The van der Waals surface area contributed by atoms with E-state index in [4.69, 9.17) is 0 Å². The van der Waals surface area contributed by atoms with Crippen molar-refractivity contribution in [3.05, 3.63) is 71.8 Å². The molecule has 5 nitrogen and oxygen atoms in total. The van der Waals surface area contributed by atoms with Gasteiger partial charge in [-0.3, -0.25) is 9.78 Å². The number of nitrogens with zero attached hydrogens (tertiary/aromatic N) is 4. The van der Waals surface area contributed by atoms with Crippen molar-refractivity contribution < 1.29 is 9.18 Å². The highest BCUT2D eigenvalue weighted by Crippen LogP contribution is 2.30. The van der Waals surface area contributed by atoms with Crippen LogP contribution in [-0.2, 0) is 0 Å². The number of benzene rings is 1. The Balaban J connectivity index is 1.66. The maximum atomic E-state index is 14.7. The number of rotatable bonds is 4. The van der Waals surface area contributed by atoms with Crippen LogP contribution in [0.25, 0.3) is 5.70 Å². The number of Topliss-reactive ketones (excluding diaryl/α,β-unsaturated/α-hetero) is 1. The van der Waals surface area contributed by atoms with Crippen LogP contribution in [0.2, 0.25) is 0 Å². The number of carbonyl (C=O) groups excluding carboxylic acids is 1. The lowest BCUT2D eigenvalue weighted by atomic mass is 10.1. The van der Waals surface area contributed by atoms with E-state index < -0.39 is 0 Å². The van der Waals surface area contributed by atoms with Crippen LogP contribution < -0.4 is 0 Å². The predicted octanol–water partition coefficient (Wildman–Crippen LogP) is 3.37. The molecule has 138 valence electrons. The molecule has 1 fully saturated rings. The Hall–Kier alpha value is -3.02.